The summed E-state index contributed by atoms with van der Waals surface area (Å²) in [4.78, 5) is 19.9. The molecule has 1 saturated heterocycles. The van der Waals surface area contributed by atoms with Crippen molar-refractivity contribution in [1.29, 1.82) is 0 Å². The lowest BCUT2D eigenvalue weighted by atomic mass is 10.4. The highest BCUT2D eigenvalue weighted by atomic mass is 127. The normalized spacial score (nSPS) is 15.5. The molecule has 0 aromatic carbocycles. The first kappa shape index (κ1) is 18.9. The molecule has 0 unspecified atom stereocenters. The van der Waals surface area contributed by atoms with Crippen LogP contribution in [0.15, 0.2) is 11.0 Å². The minimum absolute atomic E-state index is 0.0251. The van der Waals surface area contributed by atoms with Gasteiger partial charge in [-0.25, -0.2) is 0 Å². The van der Waals surface area contributed by atoms with Crippen molar-refractivity contribution in [2.45, 2.75) is 45.3 Å². The van der Waals surface area contributed by atoms with E-state index >= 15 is 0 Å². The first-order chi connectivity index (χ1) is 11.8. The smallest absolute Gasteiger partial charge is 0.265 e. The third kappa shape index (κ3) is 4.11. The zero-order valence-corrected chi connectivity index (χ0v) is 18.7. The average Bonchev–Trinajstić information content (AvgIpc) is 3.15. The summed E-state index contributed by atoms with van der Waals surface area (Å²) in [6.07, 6.45) is 4.29. The number of halogens is 1. The summed E-state index contributed by atoms with van der Waals surface area (Å²) < 4.78 is 10.5. The van der Waals surface area contributed by atoms with E-state index < -0.39 is 8.07 Å². The van der Waals surface area contributed by atoms with Gasteiger partial charge in [-0.05, 0) is 41.5 Å². The van der Waals surface area contributed by atoms with Crippen molar-refractivity contribution in [3.8, 4) is 0 Å². The molecule has 3 rings (SSSR count). The fourth-order valence-corrected chi connectivity index (χ4v) is 4.66. The predicted molar refractivity (Wildman–Crippen MR) is 113 cm³/mol. The van der Waals surface area contributed by atoms with Gasteiger partial charge in [0.15, 0.2) is 5.65 Å². The van der Waals surface area contributed by atoms with E-state index in [9.17, 15) is 4.79 Å². The monoisotopic (exact) mass is 474 g/mol. The quantitative estimate of drug-likeness (QED) is 0.367. The maximum absolute atomic E-state index is 12.8. The van der Waals surface area contributed by atoms with Crippen LogP contribution in [-0.4, -0.2) is 41.9 Å². The molecular weight excluding hydrogens is 447 g/mol. The van der Waals surface area contributed by atoms with E-state index in [1.54, 1.807) is 4.57 Å². The minimum atomic E-state index is -1.10. The molecule has 1 aliphatic heterocycles. The summed E-state index contributed by atoms with van der Waals surface area (Å²) in [5, 5.41) is 0.694. The molecule has 0 radical (unpaired) electrons. The van der Waals surface area contributed by atoms with E-state index in [0.717, 1.165) is 53.7 Å². The fourth-order valence-electron chi connectivity index (χ4n) is 3.10. The number of fused-ring (bicyclic) bond motifs is 1. The lowest BCUT2D eigenvalue weighted by molar-refractivity contribution is 0.0898. The van der Waals surface area contributed by atoms with Crippen LogP contribution in [-0.2, 0) is 18.5 Å². The molecule has 0 spiro atoms. The molecule has 1 aliphatic rings. The second kappa shape index (κ2) is 7.40. The average molecular weight is 474 g/mol. The van der Waals surface area contributed by atoms with Crippen LogP contribution in [0.5, 0.6) is 0 Å². The standard InChI is InChI=1S/C17H27IN4O2Si/c1-20-16(23)14-13(18)11-22(12-24-9-10-25(2,3)4)15(14)19-17(20)21-7-5-6-8-21/h11H,5-10,12H2,1-4H3. The van der Waals surface area contributed by atoms with Crippen LogP contribution in [0.2, 0.25) is 25.7 Å². The maximum atomic E-state index is 12.8. The Morgan fingerprint density at radius 3 is 2.60 bits per heavy atom. The van der Waals surface area contributed by atoms with Gasteiger partial charge < -0.3 is 14.2 Å². The molecule has 8 heteroatoms. The van der Waals surface area contributed by atoms with Gasteiger partial charge in [0, 0.05) is 44.6 Å². The van der Waals surface area contributed by atoms with E-state index in [4.69, 9.17) is 9.72 Å². The van der Waals surface area contributed by atoms with Crippen molar-refractivity contribution in [2.75, 3.05) is 24.6 Å². The zero-order valence-electron chi connectivity index (χ0n) is 15.5. The summed E-state index contributed by atoms with van der Waals surface area (Å²) in [5.74, 6) is 0.771. The number of nitrogens with zero attached hydrogens (tertiary/aromatic N) is 4. The Labute approximate surface area is 163 Å². The SMILES string of the molecule is Cn1c(N2CCCC2)nc2c(c(I)cn2COCC[Si](C)(C)C)c1=O. The number of anilines is 1. The van der Waals surface area contributed by atoms with Gasteiger partial charge in [-0.2, -0.15) is 4.98 Å². The van der Waals surface area contributed by atoms with E-state index in [2.05, 4.69) is 47.1 Å². The van der Waals surface area contributed by atoms with Crippen LogP contribution in [0.25, 0.3) is 11.0 Å². The summed E-state index contributed by atoms with van der Waals surface area (Å²) in [6.45, 7) is 10.2. The maximum Gasteiger partial charge on any atom is 0.265 e. The fraction of sp³-hybridized carbons (Fsp3) is 0.647. The lowest BCUT2D eigenvalue weighted by Crippen LogP contribution is -2.29. The number of aromatic nitrogens is 3. The van der Waals surface area contributed by atoms with Gasteiger partial charge in [0.1, 0.15) is 6.73 Å². The van der Waals surface area contributed by atoms with E-state index in [0.29, 0.717) is 12.1 Å². The van der Waals surface area contributed by atoms with Crippen LogP contribution in [0.3, 0.4) is 0 Å². The highest BCUT2D eigenvalue weighted by Crippen LogP contribution is 2.23. The van der Waals surface area contributed by atoms with Crippen molar-refractivity contribution >= 4 is 47.6 Å². The molecule has 25 heavy (non-hydrogen) atoms. The number of ether oxygens (including phenoxy) is 1. The molecule has 138 valence electrons. The van der Waals surface area contributed by atoms with E-state index in [1.165, 1.54) is 0 Å². The minimum Gasteiger partial charge on any atom is -0.361 e. The summed E-state index contributed by atoms with van der Waals surface area (Å²) in [7, 11) is 0.721. The van der Waals surface area contributed by atoms with Crippen molar-refractivity contribution in [3.63, 3.8) is 0 Å². The molecule has 3 heterocycles. The van der Waals surface area contributed by atoms with Gasteiger partial charge >= 0.3 is 0 Å². The van der Waals surface area contributed by atoms with E-state index in [1.807, 2.05) is 17.8 Å². The molecule has 0 atom stereocenters. The second-order valence-corrected chi connectivity index (χ2v) is 14.7. The Hall–Kier alpha value is -0.873. The molecule has 2 aromatic heterocycles. The third-order valence-corrected chi connectivity index (χ3v) is 7.17. The Morgan fingerprint density at radius 1 is 1.28 bits per heavy atom. The topological polar surface area (TPSA) is 52.3 Å². The van der Waals surface area contributed by atoms with Crippen LogP contribution >= 0.6 is 22.6 Å². The molecule has 0 aliphatic carbocycles. The van der Waals surface area contributed by atoms with Crippen molar-refractivity contribution < 1.29 is 4.74 Å². The second-order valence-electron chi connectivity index (χ2n) is 7.96. The van der Waals surface area contributed by atoms with Crippen LogP contribution < -0.4 is 10.5 Å². The first-order valence-corrected chi connectivity index (χ1v) is 13.6. The molecule has 0 bridgehead atoms. The highest BCUT2D eigenvalue weighted by molar-refractivity contribution is 14.1. The molecular formula is C17H27IN4O2Si. The zero-order chi connectivity index (χ0) is 18.2. The third-order valence-electron chi connectivity index (χ3n) is 4.64. The van der Waals surface area contributed by atoms with Gasteiger partial charge in [0.05, 0.1) is 5.39 Å². The first-order valence-electron chi connectivity index (χ1n) is 8.86. The van der Waals surface area contributed by atoms with Gasteiger partial charge in [0.25, 0.3) is 5.56 Å². The largest absolute Gasteiger partial charge is 0.361 e. The van der Waals surface area contributed by atoms with Crippen LogP contribution in [0, 0.1) is 3.57 Å². The van der Waals surface area contributed by atoms with Crippen LogP contribution in [0.1, 0.15) is 12.8 Å². The molecule has 0 saturated carbocycles. The molecule has 6 nitrogen and oxygen atoms in total. The predicted octanol–water partition coefficient (Wildman–Crippen LogP) is 3.25. The number of rotatable bonds is 6. The van der Waals surface area contributed by atoms with Gasteiger partial charge in [-0.1, -0.05) is 19.6 Å². The Balaban J connectivity index is 1.90. The molecule has 1 fully saturated rings. The van der Waals surface area contributed by atoms with Crippen molar-refractivity contribution in [2.24, 2.45) is 7.05 Å². The van der Waals surface area contributed by atoms with Gasteiger partial charge in [-0.15, -0.1) is 0 Å². The van der Waals surface area contributed by atoms with Crippen molar-refractivity contribution in [1.82, 2.24) is 14.1 Å². The molecule has 0 N–H and O–H groups in total. The Morgan fingerprint density at radius 2 is 1.96 bits per heavy atom. The van der Waals surface area contributed by atoms with Crippen LogP contribution in [0.4, 0.5) is 5.95 Å². The molecule has 2 aromatic rings. The van der Waals surface area contributed by atoms with Crippen molar-refractivity contribution in [3.05, 3.63) is 20.1 Å². The highest BCUT2D eigenvalue weighted by Gasteiger charge is 2.21. The Kier molecular flexibility index (Phi) is 5.59. The summed E-state index contributed by atoms with van der Waals surface area (Å²) >= 11 is 2.22. The molecule has 0 amide bonds. The van der Waals surface area contributed by atoms with Gasteiger partial charge in [-0.3, -0.25) is 9.36 Å². The Bertz CT molecular complexity index is 819. The number of hydrogen-bond donors (Lipinski definition) is 0. The lowest BCUT2D eigenvalue weighted by Gasteiger charge is -2.19. The van der Waals surface area contributed by atoms with Gasteiger partial charge in [0.2, 0.25) is 5.95 Å². The van der Waals surface area contributed by atoms with E-state index in [-0.39, 0.29) is 5.56 Å². The summed E-state index contributed by atoms with van der Waals surface area (Å²) in [6, 6.07) is 1.14. The number of hydrogen-bond acceptors (Lipinski definition) is 4. The summed E-state index contributed by atoms with van der Waals surface area (Å²) in [5.41, 5.74) is 0.763.